The molecule has 3 nitrogen and oxygen atoms in total. The fourth-order valence-corrected chi connectivity index (χ4v) is 4.32. The minimum Gasteiger partial charge on any atom is -0.317 e. The summed E-state index contributed by atoms with van der Waals surface area (Å²) in [5, 5.41) is 3.50. The van der Waals surface area contributed by atoms with E-state index in [-0.39, 0.29) is 0 Å². The minimum absolute atomic E-state index is 0.712. The summed E-state index contributed by atoms with van der Waals surface area (Å²) in [7, 11) is 0. The summed E-state index contributed by atoms with van der Waals surface area (Å²) in [6.45, 7) is 14.0. The molecule has 1 spiro atoms. The van der Waals surface area contributed by atoms with Crippen LogP contribution in [0.2, 0.25) is 0 Å². The summed E-state index contributed by atoms with van der Waals surface area (Å²) in [5.74, 6) is 0.967. The first-order valence-corrected chi connectivity index (χ1v) is 8.34. The predicted molar refractivity (Wildman–Crippen MR) is 80.4 cm³/mol. The lowest BCUT2D eigenvalue weighted by Crippen LogP contribution is -2.60. The third-order valence-corrected chi connectivity index (χ3v) is 5.68. The smallest absolute Gasteiger partial charge is 0.00515 e. The van der Waals surface area contributed by atoms with Crippen molar-refractivity contribution < 1.29 is 0 Å². The van der Waals surface area contributed by atoms with Crippen molar-refractivity contribution in [1.82, 2.24) is 15.1 Å². The molecule has 0 unspecified atom stereocenters. The molecule has 0 saturated carbocycles. The third kappa shape index (κ3) is 3.14. The summed E-state index contributed by atoms with van der Waals surface area (Å²) < 4.78 is 0. The van der Waals surface area contributed by atoms with Crippen LogP contribution in [0.5, 0.6) is 0 Å². The van der Waals surface area contributed by atoms with Crippen molar-refractivity contribution in [2.75, 3.05) is 45.8 Å². The molecule has 3 aliphatic rings. The zero-order valence-electron chi connectivity index (χ0n) is 12.8. The summed E-state index contributed by atoms with van der Waals surface area (Å²) in [6.07, 6.45) is 5.66. The second-order valence-electron chi connectivity index (χ2n) is 7.49. The van der Waals surface area contributed by atoms with Gasteiger partial charge in [0.2, 0.25) is 0 Å². The number of likely N-dealkylation sites (tertiary alicyclic amines) is 2. The average Bonchev–Trinajstić information content (AvgIpc) is 2.39. The van der Waals surface area contributed by atoms with E-state index >= 15 is 0 Å². The van der Waals surface area contributed by atoms with E-state index in [2.05, 4.69) is 29.0 Å². The van der Waals surface area contributed by atoms with Gasteiger partial charge < -0.3 is 15.1 Å². The molecule has 3 heteroatoms. The lowest BCUT2D eigenvalue weighted by Gasteiger charge is -2.54. The molecule has 0 aromatic carbocycles. The molecule has 0 aromatic rings. The number of hydrogen-bond donors (Lipinski definition) is 1. The monoisotopic (exact) mass is 265 g/mol. The van der Waals surface area contributed by atoms with Gasteiger partial charge in [-0.15, -0.1) is 0 Å². The lowest BCUT2D eigenvalue weighted by molar-refractivity contribution is -0.0371. The molecule has 3 rings (SSSR count). The largest absolute Gasteiger partial charge is 0.317 e. The Morgan fingerprint density at radius 1 is 1.11 bits per heavy atom. The first-order chi connectivity index (χ1) is 9.17. The maximum absolute atomic E-state index is 3.50. The van der Waals surface area contributed by atoms with Gasteiger partial charge in [0, 0.05) is 25.7 Å². The van der Waals surface area contributed by atoms with E-state index in [1.165, 1.54) is 71.5 Å². The highest BCUT2D eigenvalue weighted by atomic mass is 15.2. The van der Waals surface area contributed by atoms with Gasteiger partial charge in [-0.05, 0) is 77.0 Å². The molecule has 19 heavy (non-hydrogen) atoms. The van der Waals surface area contributed by atoms with Crippen molar-refractivity contribution >= 4 is 0 Å². The van der Waals surface area contributed by atoms with Crippen molar-refractivity contribution in [3.05, 3.63) is 0 Å². The van der Waals surface area contributed by atoms with Crippen molar-refractivity contribution in [1.29, 1.82) is 0 Å². The van der Waals surface area contributed by atoms with Crippen LogP contribution in [0, 0.1) is 11.3 Å². The van der Waals surface area contributed by atoms with E-state index in [4.69, 9.17) is 0 Å². The SMILES string of the molecule is CC(C)N1CCC(CN2CC3(CCNCC3)C2)CC1. The molecule has 110 valence electrons. The average molecular weight is 265 g/mol. The Hall–Kier alpha value is -0.120. The molecular formula is C16H31N3. The molecule has 3 saturated heterocycles. The number of nitrogens with zero attached hydrogens (tertiary/aromatic N) is 2. The third-order valence-electron chi connectivity index (χ3n) is 5.68. The van der Waals surface area contributed by atoms with Crippen LogP contribution < -0.4 is 5.32 Å². The maximum atomic E-state index is 3.50. The summed E-state index contributed by atoms with van der Waals surface area (Å²) in [6, 6.07) is 0.739. The van der Waals surface area contributed by atoms with Gasteiger partial charge in [0.25, 0.3) is 0 Å². The Morgan fingerprint density at radius 2 is 1.74 bits per heavy atom. The normalized spacial score (nSPS) is 29.8. The Balaban J connectivity index is 1.38. The highest BCUT2D eigenvalue weighted by molar-refractivity contribution is 4.98. The van der Waals surface area contributed by atoms with Gasteiger partial charge >= 0.3 is 0 Å². The molecule has 0 aliphatic carbocycles. The molecule has 3 heterocycles. The van der Waals surface area contributed by atoms with Crippen molar-refractivity contribution in [2.45, 2.75) is 45.6 Å². The fourth-order valence-electron chi connectivity index (χ4n) is 4.32. The Morgan fingerprint density at radius 3 is 2.32 bits per heavy atom. The van der Waals surface area contributed by atoms with Crippen LogP contribution in [0.3, 0.4) is 0 Å². The van der Waals surface area contributed by atoms with Gasteiger partial charge in [0.15, 0.2) is 0 Å². The quantitative estimate of drug-likeness (QED) is 0.839. The topological polar surface area (TPSA) is 18.5 Å². The summed E-state index contributed by atoms with van der Waals surface area (Å²) in [4.78, 5) is 5.38. The van der Waals surface area contributed by atoms with Crippen LogP contribution in [0.1, 0.15) is 39.5 Å². The van der Waals surface area contributed by atoms with Gasteiger partial charge in [-0.3, -0.25) is 0 Å². The fraction of sp³-hybridized carbons (Fsp3) is 1.00. The zero-order valence-corrected chi connectivity index (χ0v) is 12.8. The van der Waals surface area contributed by atoms with Crippen LogP contribution in [0.4, 0.5) is 0 Å². The number of rotatable bonds is 3. The van der Waals surface area contributed by atoms with Crippen molar-refractivity contribution in [3.8, 4) is 0 Å². The first kappa shape index (κ1) is 13.8. The predicted octanol–water partition coefficient (Wildman–Crippen LogP) is 1.79. The van der Waals surface area contributed by atoms with Crippen LogP contribution in [0.25, 0.3) is 0 Å². The zero-order chi connectivity index (χ0) is 13.3. The molecule has 0 radical (unpaired) electrons. The second-order valence-corrected chi connectivity index (χ2v) is 7.49. The van der Waals surface area contributed by atoms with Gasteiger partial charge in [-0.2, -0.15) is 0 Å². The van der Waals surface area contributed by atoms with E-state index in [0.717, 1.165) is 12.0 Å². The van der Waals surface area contributed by atoms with Crippen molar-refractivity contribution in [3.63, 3.8) is 0 Å². The minimum atomic E-state index is 0.712. The molecule has 0 amide bonds. The first-order valence-electron chi connectivity index (χ1n) is 8.34. The van der Waals surface area contributed by atoms with E-state index in [0.29, 0.717) is 5.41 Å². The molecule has 0 atom stereocenters. The highest BCUT2D eigenvalue weighted by Gasteiger charge is 2.43. The lowest BCUT2D eigenvalue weighted by atomic mass is 9.72. The van der Waals surface area contributed by atoms with Gasteiger partial charge in [-0.25, -0.2) is 0 Å². The van der Waals surface area contributed by atoms with Gasteiger partial charge in [0.1, 0.15) is 0 Å². The number of nitrogens with one attached hydrogen (secondary N) is 1. The van der Waals surface area contributed by atoms with Crippen molar-refractivity contribution in [2.24, 2.45) is 11.3 Å². The van der Waals surface area contributed by atoms with Gasteiger partial charge in [-0.1, -0.05) is 0 Å². The van der Waals surface area contributed by atoms with E-state index < -0.39 is 0 Å². The highest BCUT2D eigenvalue weighted by Crippen LogP contribution is 2.39. The standard InChI is InChI=1S/C16H31N3/c1-14(2)19-9-3-15(4-10-19)11-18-12-16(13-18)5-7-17-8-6-16/h14-15,17H,3-13H2,1-2H3. The maximum Gasteiger partial charge on any atom is 0.00515 e. The van der Waals surface area contributed by atoms with Crippen LogP contribution >= 0.6 is 0 Å². The van der Waals surface area contributed by atoms with E-state index in [1.54, 1.807) is 0 Å². The van der Waals surface area contributed by atoms with E-state index in [9.17, 15) is 0 Å². The Bertz CT molecular complexity index is 280. The Labute approximate surface area is 118 Å². The second kappa shape index (κ2) is 5.71. The van der Waals surface area contributed by atoms with Crippen LogP contribution in [-0.2, 0) is 0 Å². The molecule has 0 aromatic heterocycles. The van der Waals surface area contributed by atoms with E-state index in [1.807, 2.05) is 0 Å². The van der Waals surface area contributed by atoms with Crippen LogP contribution in [0.15, 0.2) is 0 Å². The molecule has 0 bridgehead atoms. The molecule has 3 aliphatic heterocycles. The summed E-state index contributed by atoms with van der Waals surface area (Å²) in [5.41, 5.74) is 0.712. The Kier molecular flexibility index (Phi) is 4.16. The summed E-state index contributed by atoms with van der Waals surface area (Å²) >= 11 is 0. The molecule has 1 N–H and O–H groups in total. The number of piperidine rings is 2. The van der Waals surface area contributed by atoms with Crippen LogP contribution in [-0.4, -0.2) is 61.7 Å². The molecule has 3 fully saturated rings. The molecular weight excluding hydrogens is 234 g/mol. The van der Waals surface area contributed by atoms with Gasteiger partial charge in [0.05, 0.1) is 0 Å². The number of hydrogen-bond acceptors (Lipinski definition) is 3.